The SMILES string of the molecule is O=C(C1CC1)N(c1ccc(F)cc1)C1CCN(CCc2ccccc2)CC1. The Hall–Kier alpha value is -2.20. The Kier molecular flexibility index (Phi) is 5.53. The minimum Gasteiger partial charge on any atom is -0.309 e. The van der Waals surface area contributed by atoms with Crippen LogP contribution in [-0.2, 0) is 11.2 Å². The van der Waals surface area contributed by atoms with Gasteiger partial charge in [-0.05, 0) is 61.9 Å². The lowest BCUT2D eigenvalue weighted by atomic mass is 10.0. The molecular weight excluding hydrogens is 339 g/mol. The largest absolute Gasteiger partial charge is 0.309 e. The molecule has 2 fully saturated rings. The number of hydrogen-bond acceptors (Lipinski definition) is 2. The summed E-state index contributed by atoms with van der Waals surface area (Å²) in [6.07, 6.45) is 5.00. The van der Waals surface area contributed by atoms with Gasteiger partial charge in [0.05, 0.1) is 0 Å². The Morgan fingerprint density at radius 1 is 0.963 bits per heavy atom. The zero-order valence-electron chi connectivity index (χ0n) is 15.7. The van der Waals surface area contributed by atoms with Gasteiger partial charge in [0.2, 0.25) is 5.91 Å². The second-order valence-electron chi connectivity index (χ2n) is 7.77. The third kappa shape index (κ3) is 4.56. The summed E-state index contributed by atoms with van der Waals surface area (Å²) in [6, 6.07) is 17.2. The third-order valence-corrected chi connectivity index (χ3v) is 5.75. The van der Waals surface area contributed by atoms with Crippen LogP contribution < -0.4 is 4.90 Å². The highest BCUT2D eigenvalue weighted by molar-refractivity contribution is 5.97. The summed E-state index contributed by atoms with van der Waals surface area (Å²) in [5.74, 6) is 0.142. The second-order valence-corrected chi connectivity index (χ2v) is 7.77. The van der Waals surface area contributed by atoms with Crippen molar-refractivity contribution in [2.24, 2.45) is 5.92 Å². The molecule has 1 heterocycles. The van der Waals surface area contributed by atoms with Gasteiger partial charge in [-0.25, -0.2) is 4.39 Å². The maximum absolute atomic E-state index is 13.3. The van der Waals surface area contributed by atoms with Crippen LogP contribution in [0.15, 0.2) is 54.6 Å². The molecule has 1 aliphatic heterocycles. The average molecular weight is 366 g/mol. The van der Waals surface area contributed by atoms with Crippen LogP contribution in [0.2, 0.25) is 0 Å². The molecule has 0 unspecified atom stereocenters. The Bertz CT molecular complexity index is 750. The minimum absolute atomic E-state index is 0.172. The van der Waals surface area contributed by atoms with Crippen LogP contribution >= 0.6 is 0 Å². The van der Waals surface area contributed by atoms with Crippen molar-refractivity contribution in [1.29, 1.82) is 0 Å². The van der Waals surface area contributed by atoms with E-state index in [1.807, 2.05) is 4.90 Å². The number of benzene rings is 2. The van der Waals surface area contributed by atoms with Gasteiger partial charge in [-0.3, -0.25) is 4.79 Å². The lowest BCUT2D eigenvalue weighted by Crippen LogP contribution is -2.48. The molecule has 2 aromatic carbocycles. The molecule has 142 valence electrons. The molecule has 0 spiro atoms. The summed E-state index contributed by atoms with van der Waals surface area (Å²) in [6.45, 7) is 3.07. The van der Waals surface area contributed by atoms with E-state index in [0.29, 0.717) is 0 Å². The minimum atomic E-state index is -0.256. The quantitative estimate of drug-likeness (QED) is 0.762. The van der Waals surface area contributed by atoms with Gasteiger partial charge in [-0.2, -0.15) is 0 Å². The van der Waals surface area contributed by atoms with Crippen LogP contribution in [-0.4, -0.2) is 36.5 Å². The first-order chi connectivity index (χ1) is 13.2. The third-order valence-electron chi connectivity index (χ3n) is 5.75. The van der Waals surface area contributed by atoms with Crippen LogP contribution in [0.25, 0.3) is 0 Å². The molecular formula is C23H27FN2O. The van der Waals surface area contributed by atoms with Crippen molar-refractivity contribution in [1.82, 2.24) is 4.90 Å². The van der Waals surface area contributed by atoms with E-state index in [4.69, 9.17) is 0 Å². The molecule has 2 aliphatic rings. The fraction of sp³-hybridized carbons (Fsp3) is 0.435. The number of halogens is 1. The molecule has 3 nitrogen and oxygen atoms in total. The number of nitrogens with zero attached hydrogens (tertiary/aromatic N) is 2. The molecule has 0 bridgehead atoms. The number of hydrogen-bond donors (Lipinski definition) is 0. The van der Waals surface area contributed by atoms with Crippen LogP contribution in [0.1, 0.15) is 31.2 Å². The van der Waals surface area contributed by atoms with Crippen LogP contribution in [0.4, 0.5) is 10.1 Å². The highest BCUT2D eigenvalue weighted by Gasteiger charge is 2.38. The molecule has 1 aliphatic carbocycles. The summed E-state index contributed by atoms with van der Waals surface area (Å²) in [4.78, 5) is 17.4. The van der Waals surface area contributed by atoms with Crippen molar-refractivity contribution in [3.8, 4) is 0 Å². The van der Waals surface area contributed by atoms with Crippen LogP contribution in [0.5, 0.6) is 0 Å². The molecule has 0 atom stereocenters. The highest BCUT2D eigenvalue weighted by atomic mass is 19.1. The zero-order valence-corrected chi connectivity index (χ0v) is 15.7. The van der Waals surface area contributed by atoms with E-state index in [2.05, 4.69) is 35.2 Å². The van der Waals surface area contributed by atoms with Crippen LogP contribution in [0, 0.1) is 11.7 Å². The molecule has 27 heavy (non-hydrogen) atoms. The van der Waals surface area contributed by atoms with E-state index in [0.717, 1.165) is 57.4 Å². The zero-order chi connectivity index (χ0) is 18.6. The van der Waals surface area contributed by atoms with Gasteiger partial charge in [0.25, 0.3) is 0 Å². The fourth-order valence-electron chi connectivity index (χ4n) is 3.98. The highest BCUT2D eigenvalue weighted by Crippen LogP contribution is 2.35. The molecule has 4 rings (SSSR count). The van der Waals surface area contributed by atoms with Crippen molar-refractivity contribution in [3.63, 3.8) is 0 Å². The smallest absolute Gasteiger partial charge is 0.230 e. The monoisotopic (exact) mass is 366 g/mol. The van der Waals surface area contributed by atoms with Gasteiger partial charge in [0, 0.05) is 37.3 Å². The standard InChI is InChI=1S/C23H27FN2O/c24-20-8-10-21(11-9-20)26(23(27)19-6-7-19)22-13-16-25(17-14-22)15-12-18-4-2-1-3-5-18/h1-5,8-11,19,22H,6-7,12-17H2. The predicted molar refractivity (Wildman–Crippen MR) is 106 cm³/mol. The summed E-state index contributed by atoms with van der Waals surface area (Å²) < 4.78 is 13.3. The van der Waals surface area contributed by atoms with Gasteiger partial charge in [-0.15, -0.1) is 0 Å². The first kappa shape index (κ1) is 18.2. The maximum atomic E-state index is 13.3. The van der Waals surface area contributed by atoms with E-state index >= 15 is 0 Å². The number of likely N-dealkylation sites (tertiary alicyclic amines) is 1. The molecule has 0 aromatic heterocycles. The lowest BCUT2D eigenvalue weighted by Gasteiger charge is -2.39. The average Bonchev–Trinajstić information content (AvgIpc) is 3.55. The second kappa shape index (κ2) is 8.22. The topological polar surface area (TPSA) is 23.6 Å². The molecule has 1 saturated heterocycles. The van der Waals surface area contributed by atoms with Crippen molar-refractivity contribution in [3.05, 3.63) is 66.0 Å². The number of carbonyl (C=O) groups excluding carboxylic acids is 1. The first-order valence-electron chi connectivity index (χ1n) is 10.1. The predicted octanol–water partition coefficient (Wildman–Crippen LogP) is 4.28. The Labute approximate surface area is 160 Å². The summed E-state index contributed by atoms with van der Waals surface area (Å²) >= 11 is 0. The molecule has 1 saturated carbocycles. The Morgan fingerprint density at radius 3 is 2.26 bits per heavy atom. The lowest BCUT2D eigenvalue weighted by molar-refractivity contribution is -0.120. The number of rotatable bonds is 6. The Morgan fingerprint density at radius 2 is 1.63 bits per heavy atom. The number of anilines is 1. The Balaban J connectivity index is 1.38. The number of amides is 1. The summed E-state index contributed by atoms with van der Waals surface area (Å²) in [5, 5.41) is 0. The molecule has 2 aromatic rings. The molecule has 4 heteroatoms. The molecule has 1 amide bonds. The van der Waals surface area contributed by atoms with Gasteiger partial charge in [0.15, 0.2) is 0 Å². The van der Waals surface area contributed by atoms with E-state index < -0.39 is 0 Å². The van der Waals surface area contributed by atoms with Crippen molar-refractivity contribution in [2.45, 2.75) is 38.1 Å². The first-order valence-corrected chi connectivity index (χ1v) is 10.1. The summed E-state index contributed by atoms with van der Waals surface area (Å²) in [7, 11) is 0. The van der Waals surface area contributed by atoms with Gasteiger partial charge in [-0.1, -0.05) is 30.3 Å². The van der Waals surface area contributed by atoms with E-state index in [-0.39, 0.29) is 23.7 Å². The van der Waals surface area contributed by atoms with Crippen molar-refractivity contribution in [2.75, 3.05) is 24.5 Å². The van der Waals surface area contributed by atoms with Gasteiger partial charge in [0.1, 0.15) is 5.82 Å². The van der Waals surface area contributed by atoms with E-state index in [1.54, 1.807) is 12.1 Å². The van der Waals surface area contributed by atoms with Gasteiger partial charge >= 0.3 is 0 Å². The molecule has 0 radical (unpaired) electrons. The van der Waals surface area contributed by atoms with E-state index in [9.17, 15) is 9.18 Å². The maximum Gasteiger partial charge on any atom is 0.230 e. The molecule has 0 N–H and O–H groups in total. The number of carbonyl (C=O) groups is 1. The van der Waals surface area contributed by atoms with E-state index in [1.165, 1.54) is 17.7 Å². The normalized spacial score (nSPS) is 18.4. The van der Waals surface area contributed by atoms with Crippen molar-refractivity contribution < 1.29 is 9.18 Å². The van der Waals surface area contributed by atoms with Gasteiger partial charge < -0.3 is 9.80 Å². The summed E-state index contributed by atoms with van der Waals surface area (Å²) in [5.41, 5.74) is 2.22. The van der Waals surface area contributed by atoms with Crippen LogP contribution in [0.3, 0.4) is 0 Å². The van der Waals surface area contributed by atoms with Crippen molar-refractivity contribution >= 4 is 11.6 Å². The number of piperidine rings is 1. The fourth-order valence-corrected chi connectivity index (χ4v) is 3.98.